The van der Waals surface area contributed by atoms with Gasteiger partial charge in [-0.05, 0) is 53.5 Å². The van der Waals surface area contributed by atoms with Crippen molar-refractivity contribution >= 4 is 17.2 Å². The second-order valence-corrected chi connectivity index (χ2v) is 9.06. The minimum atomic E-state index is 0.206. The third-order valence-corrected chi connectivity index (χ3v) is 7.40. The van der Waals surface area contributed by atoms with Gasteiger partial charge in [-0.2, -0.15) is 11.3 Å². The number of allylic oxidation sites excluding steroid dienone is 2. The fourth-order valence-electron chi connectivity index (χ4n) is 5.15. The highest BCUT2D eigenvalue weighted by atomic mass is 32.1. The van der Waals surface area contributed by atoms with Gasteiger partial charge in [0.1, 0.15) is 0 Å². The molecule has 1 aromatic rings. The zero-order valence-corrected chi connectivity index (χ0v) is 16.5. The summed E-state index contributed by atoms with van der Waals surface area (Å²) < 4.78 is 5.58. The number of hydrogen-bond donors (Lipinski definition) is 0. The van der Waals surface area contributed by atoms with Gasteiger partial charge in [-0.15, -0.1) is 0 Å². The number of hydrogen-bond acceptors (Lipinski definition) is 4. The van der Waals surface area contributed by atoms with Crippen molar-refractivity contribution < 1.29 is 9.53 Å². The van der Waals surface area contributed by atoms with E-state index in [1.54, 1.807) is 11.3 Å². The Hall–Kier alpha value is -1.17. The maximum atomic E-state index is 12.7. The van der Waals surface area contributed by atoms with Gasteiger partial charge in [-0.1, -0.05) is 12.2 Å². The zero-order chi connectivity index (χ0) is 18.0. The second kappa shape index (κ2) is 7.83. The van der Waals surface area contributed by atoms with Crippen LogP contribution in [-0.4, -0.2) is 55.6 Å². The normalized spacial score (nSPS) is 26.2. The molecule has 1 spiro atoms. The lowest BCUT2D eigenvalue weighted by atomic mass is 9.71. The molecule has 4 nitrogen and oxygen atoms in total. The van der Waals surface area contributed by atoms with Crippen molar-refractivity contribution in [2.75, 3.05) is 39.9 Å². The highest BCUT2D eigenvalue weighted by Crippen LogP contribution is 2.45. The predicted octanol–water partition coefficient (Wildman–Crippen LogP) is 3.40. The van der Waals surface area contributed by atoms with E-state index in [0.717, 1.165) is 65.0 Å². The number of thiophene rings is 1. The number of ether oxygens (including phenoxy) is 1. The van der Waals surface area contributed by atoms with Crippen LogP contribution < -0.4 is 0 Å². The van der Waals surface area contributed by atoms with E-state index in [-0.39, 0.29) is 5.92 Å². The number of carbonyl (C=O) groups is 1. The van der Waals surface area contributed by atoms with Crippen molar-refractivity contribution in [2.45, 2.75) is 32.2 Å². The third-order valence-electron chi connectivity index (χ3n) is 6.67. The molecule has 0 saturated carbocycles. The van der Waals surface area contributed by atoms with Crippen LogP contribution in [0.3, 0.4) is 0 Å². The van der Waals surface area contributed by atoms with Crippen molar-refractivity contribution in [1.82, 2.24) is 9.80 Å². The van der Waals surface area contributed by atoms with E-state index in [0.29, 0.717) is 17.2 Å². The fraction of sp³-hybridized carbons (Fsp3) is 0.667. The number of piperidine rings is 1. The van der Waals surface area contributed by atoms with E-state index < -0.39 is 0 Å². The maximum absolute atomic E-state index is 12.7. The number of methoxy groups -OCH3 is 1. The quantitative estimate of drug-likeness (QED) is 0.741. The van der Waals surface area contributed by atoms with Crippen molar-refractivity contribution in [3.8, 4) is 0 Å². The molecule has 0 aromatic carbocycles. The summed E-state index contributed by atoms with van der Waals surface area (Å²) in [6, 6.07) is 2.23. The van der Waals surface area contributed by atoms with Crippen molar-refractivity contribution in [3.05, 3.63) is 34.5 Å². The summed E-state index contributed by atoms with van der Waals surface area (Å²) in [6.45, 7) is 5.97. The molecule has 4 rings (SSSR count). The number of nitrogens with zero attached hydrogens (tertiary/aromatic N) is 2. The average Bonchev–Trinajstić information content (AvgIpc) is 3.39. The Morgan fingerprint density at radius 3 is 2.73 bits per heavy atom. The first-order valence-electron chi connectivity index (χ1n) is 9.86. The molecule has 142 valence electrons. The van der Waals surface area contributed by atoms with E-state index in [2.05, 4.69) is 38.8 Å². The molecule has 2 saturated heterocycles. The summed E-state index contributed by atoms with van der Waals surface area (Å²) in [7, 11) is 1.82. The summed E-state index contributed by atoms with van der Waals surface area (Å²) in [5, 5.41) is 4.42. The number of amides is 1. The molecular weight excluding hydrogens is 344 g/mol. The molecule has 0 unspecified atom stereocenters. The van der Waals surface area contributed by atoms with E-state index in [1.807, 2.05) is 7.11 Å². The Morgan fingerprint density at radius 2 is 2.08 bits per heavy atom. The zero-order valence-electron chi connectivity index (χ0n) is 15.7. The Kier molecular flexibility index (Phi) is 5.48. The summed E-state index contributed by atoms with van der Waals surface area (Å²) in [6.07, 6.45) is 8.41. The molecule has 1 aromatic heterocycles. The van der Waals surface area contributed by atoms with E-state index in [4.69, 9.17) is 4.74 Å². The van der Waals surface area contributed by atoms with Crippen LogP contribution in [0.4, 0.5) is 0 Å². The smallest absolute Gasteiger partial charge is 0.226 e. The van der Waals surface area contributed by atoms with Gasteiger partial charge in [0.05, 0.1) is 6.61 Å². The van der Waals surface area contributed by atoms with Crippen LogP contribution in [0.5, 0.6) is 0 Å². The van der Waals surface area contributed by atoms with Crippen LogP contribution in [0.2, 0.25) is 0 Å². The SMILES string of the molecule is COC[C@@H]1CN(Cc2ccsc2)CC12CCN(C(=O)C1CC=CC1)CC2. The van der Waals surface area contributed by atoms with Crippen molar-refractivity contribution in [2.24, 2.45) is 17.3 Å². The number of carbonyl (C=O) groups excluding carboxylic acids is 1. The first kappa shape index (κ1) is 18.2. The molecule has 3 aliphatic rings. The molecule has 1 amide bonds. The van der Waals surface area contributed by atoms with Crippen LogP contribution >= 0.6 is 11.3 Å². The molecule has 0 bridgehead atoms. The summed E-state index contributed by atoms with van der Waals surface area (Å²) in [5.74, 6) is 1.16. The van der Waals surface area contributed by atoms with E-state index in [1.165, 1.54) is 5.56 Å². The van der Waals surface area contributed by atoms with Gasteiger partial charge in [0.2, 0.25) is 5.91 Å². The predicted molar refractivity (Wildman–Crippen MR) is 105 cm³/mol. The first-order valence-corrected chi connectivity index (χ1v) is 10.8. The maximum Gasteiger partial charge on any atom is 0.226 e. The van der Waals surface area contributed by atoms with Crippen LogP contribution in [0.15, 0.2) is 29.0 Å². The fourth-order valence-corrected chi connectivity index (χ4v) is 5.81. The van der Waals surface area contributed by atoms with E-state index in [9.17, 15) is 4.79 Å². The van der Waals surface area contributed by atoms with Crippen LogP contribution in [0, 0.1) is 17.3 Å². The van der Waals surface area contributed by atoms with Crippen LogP contribution in [0.1, 0.15) is 31.2 Å². The molecule has 26 heavy (non-hydrogen) atoms. The molecule has 1 atom stereocenters. The molecule has 5 heteroatoms. The Bertz CT molecular complexity index is 626. The molecule has 0 N–H and O–H groups in total. The third kappa shape index (κ3) is 3.62. The number of likely N-dealkylation sites (tertiary alicyclic amines) is 2. The second-order valence-electron chi connectivity index (χ2n) is 8.28. The average molecular weight is 375 g/mol. The van der Waals surface area contributed by atoms with Gasteiger partial charge >= 0.3 is 0 Å². The van der Waals surface area contributed by atoms with Gasteiger partial charge in [0.15, 0.2) is 0 Å². The lowest BCUT2D eigenvalue weighted by Crippen LogP contribution is -2.48. The standard InChI is InChI=1S/C21H30N2O2S/c1-25-14-19-13-22(12-17-6-11-26-15-17)16-21(19)7-9-23(10-8-21)20(24)18-4-2-3-5-18/h2-3,6,11,15,18-19H,4-5,7-10,12-14,16H2,1H3/t19-/m0/s1. The Labute approximate surface area is 160 Å². The largest absolute Gasteiger partial charge is 0.384 e. The monoisotopic (exact) mass is 374 g/mol. The van der Waals surface area contributed by atoms with Gasteiger partial charge in [0.25, 0.3) is 0 Å². The summed E-state index contributed by atoms with van der Waals surface area (Å²) in [4.78, 5) is 17.5. The summed E-state index contributed by atoms with van der Waals surface area (Å²) in [5.41, 5.74) is 1.74. The minimum Gasteiger partial charge on any atom is -0.384 e. The summed E-state index contributed by atoms with van der Waals surface area (Å²) >= 11 is 1.78. The van der Waals surface area contributed by atoms with Crippen LogP contribution in [-0.2, 0) is 16.1 Å². The van der Waals surface area contributed by atoms with Crippen molar-refractivity contribution in [3.63, 3.8) is 0 Å². The van der Waals surface area contributed by atoms with Crippen molar-refractivity contribution in [1.29, 1.82) is 0 Å². The topological polar surface area (TPSA) is 32.8 Å². The Morgan fingerprint density at radius 1 is 1.31 bits per heavy atom. The molecule has 0 radical (unpaired) electrons. The van der Waals surface area contributed by atoms with Gasteiger partial charge in [-0.25, -0.2) is 0 Å². The molecule has 2 fully saturated rings. The van der Waals surface area contributed by atoms with Gasteiger partial charge < -0.3 is 9.64 Å². The van der Waals surface area contributed by atoms with E-state index >= 15 is 0 Å². The minimum absolute atomic E-state index is 0.206. The molecular formula is C21H30N2O2S. The molecule has 3 heterocycles. The van der Waals surface area contributed by atoms with Gasteiger partial charge in [0, 0.05) is 51.7 Å². The molecule has 1 aliphatic carbocycles. The number of rotatable bonds is 5. The van der Waals surface area contributed by atoms with Gasteiger partial charge in [-0.3, -0.25) is 9.69 Å². The van der Waals surface area contributed by atoms with Crippen LogP contribution in [0.25, 0.3) is 0 Å². The lowest BCUT2D eigenvalue weighted by molar-refractivity contribution is -0.138. The molecule has 2 aliphatic heterocycles. The Balaban J connectivity index is 1.39. The first-order chi connectivity index (χ1) is 12.7. The highest BCUT2D eigenvalue weighted by Gasteiger charge is 2.48. The lowest BCUT2D eigenvalue weighted by Gasteiger charge is -2.43. The highest BCUT2D eigenvalue weighted by molar-refractivity contribution is 7.07.